The van der Waals surface area contributed by atoms with Gasteiger partial charge in [-0.3, -0.25) is 9.55 Å². The highest BCUT2D eigenvalue weighted by Gasteiger charge is 2.13. The van der Waals surface area contributed by atoms with E-state index >= 15 is 0 Å². The first-order valence-corrected chi connectivity index (χ1v) is 8.80. The lowest BCUT2D eigenvalue weighted by atomic mass is 10.2. The molecule has 4 aromatic rings. The van der Waals surface area contributed by atoms with E-state index in [9.17, 15) is 0 Å². The number of aromatic nitrogens is 4. The monoisotopic (exact) mass is 359 g/mol. The zero-order valence-electron chi connectivity index (χ0n) is 11.7. The molecule has 0 aliphatic carbocycles. The van der Waals surface area contributed by atoms with E-state index in [2.05, 4.69) is 15.0 Å². The number of benzene rings is 1. The molecule has 4 rings (SSSR count). The fourth-order valence-corrected chi connectivity index (χ4v) is 3.73. The Labute approximate surface area is 145 Å². The molecule has 0 aliphatic rings. The van der Waals surface area contributed by atoms with Crippen LogP contribution in [0.4, 0.5) is 5.95 Å². The Morgan fingerprint density at radius 1 is 1.04 bits per heavy atom. The summed E-state index contributed by atoms with van der Waals surface area (Å²) >= 11 is 8.99. The minimum Gasteiger partial charge on any atom is -0.369 e. The normalized spacial score (nSPS) is 11.0. The number of nitrogen functional groups attached to an aromatic ring is 1. The van der Waals surface area contributed by atoms with Gasteiger partial charge in [0.25, 0.3) is 0 Å². The van der Waals surface area contributed by atoms with Gasteiger partial charge in [-0.05, 0) is 12.1 Å². The summed E-state index contributed by atoms with van der Waals surface area (Å²) in [6.07, 6.45) is 3.69. The van der Waals surface area contributed by atoms with Crippen LogP contribution in [0.25, 0.3) is 27.0 Å². The van der Waals surface area contributed by atoms with E-state index in [0.29, 0.717) is 11.0 Å². The Hall–Kier alpha value is -2.22. The summed E-state index contributed by atoms with van der Waals surface area (Å²) in [5.74, 6) is 0.403. The molecule has 0 atom stereocenters. The Morgan fingerprint density at radius 2 is 1.87 bits per heavy atom. The molecule has 114 valence electrons. The van der Waals surface area contributed by atoms with E-state index in [0.717, 1.165) is 27.0 Å². The lowest BCUT2D eigenvalue weighted by Crippen LogP contribution is -1.98. The number of anilines is 1. The zero-order chi connectivity index (χ0) is 15.8. The number of hydrogen-bond donors (Lipinski definition) is 1. The van der Waals surface area contributed by atoms with Gasteiger partial charge in [-0.1, -0.05) is 23.7 Å². The molecule has 2 N–H and O–H groups in total. The van der Waals surface area contributed by atoms with Crippen molar-refractivity contribution in [2.75, 3.05) is 5.73 Å². The summed E-state index contributed by atoms with van der Waals surface area (Å²) in [7, 11) is 0. The molecule has 0 amide bonds. The fourth-order valence-electron chi connectivity index (χ4n) is 2.14. The summed E-state index contributed by atoms with van der Waals surface area (Å²) in [5.41, 5.74) is 10.5. The maximum atomic E-state index is 6.05. The van der Waals surface area contributed by atoms with Crippen LogP contribution in [0.1, 0.15) is 0 Å². The van der Waals surface area contributed by atoms with Crippen LogP contribution in [-0.4, -0.2) is 19.5 Å². The van der Waals surface area contributed by atoms with Gasteiger partial charge in [-0.2, -0.15) is 0 Å². The highest BCUT2D eigenvalue weighted by Crippen LogP contribution is 2.29. The largest absolute Gasteiger partial charge is 0.369 e. The first kappa shape index (κ1) is 14.4. The molecule has 0 radical (unpaired) electrons. The van der Waals surface area contributed by atoms with Gasteiger partial charge < -0.3 is 5.73 Å². The van der Waals surface area contributed by atoms with Crippen molar-refractivity contribution in [3.63, 3.8) is 0 Å². The minimum absolute atomic E-state index is 0.403. The number of imidazole rings is 1. The summed E-state index contributed by atoms with van der Waals surface area (Å²) < 4.78 is 1.79. The molecular formula is C15H10ClN5S2. The molecule has 5 nitrogen and oxygen atoms in total. The van der Waals surface area contributed by atoms with E-state index in [-0.39, 0.29) is 0 Å². The van der Waals surface area contributed by atoms with Crippen molar-refractivity contribution in [2.45, 2.75) is 0 Å². The predicted molar refractivity (Wildman–Crippen MR) is 95.2 cm³/mol. The molecule has 0 aliphatic heterocycles. The molecular weight excluding hydrogens is 350 g/mol. The summed E-state index contributed by atoms with van der Waals surface area (Å²) in [6, 6.07) is 7.49. The van der Waals surface area contributed by atoms with Crippen molar-refractivity contribution < 1.29 is 0 Å². The van der Waals surface area contributed by atoms with Gasteiger partial charge in [-0.15, -0.1) is 22.7 Å². The highest BCUT2D eigenvalue weighted by molar-refractivity contribution is 7.15. The van der Waals surface area contributed by atoms with Crippen molar-refractivity contribution in [1.82, 2.24) is 19.5 Å². The third kappa shape index (κ3) is 2.74. The maximum Gasteiger partial charge on any atom is 0.207 e. The van der Waals surface area contributed by atoms with Crippen LogP contribution in [0.2, 0.25) is 5.02 Å². The number of nitrogens with zero attached hydrogens (tertiary/aromatic N) is 4. The quantitative estimate of drug-likeness (QED) is 0.590. The Balaban J connectivity index is 1.71. The highest BCUT2D eigenvalue weighted by atomic mass is 35.5. The molecule has 0 spiro atoms. The van der Waals surface area contributed by atoms with Gasteiger partial charge >= 0.3 is 0 Å². The smallest absolute Gasteiger partial charge is 0.207 e. The average Bonchev–Trinajstić information content (AvgIpc) is 3.27. The minimum atomic E-state index is 0.403. The van der Waals surface area contributed by atoms with Crippen molar-refractivity contribution in [1.29, 1.82) is 0 Å². The van der Waals surface area contributed by atoms with E-state index < -0.39 is 0 Å². The van der Waals surface area contributed by atoms with E-state index in [4.69, 9.17) is 17.3 Å². The van der Waals surface area contributed by atoms with E-state index in [1.165, 1.54) is 11.3 Å². The molecule has 0 saturated carbocycles. The number of rotatable bonds is 3. The van der Waals surface area contributed by atoms with Crippen molar-refractivity contribution in [2.24, 2.45) is 0 Å². The lowest BCUT2D eigenvalue weighted by Gasteiger charge is -1.97. The van der Waals surface area contributed by atoms with Crippen LogP contribution in [0, 0.1) is 0 Å². The molecule has 0 saturated heterocycles. The van der Waals surface area contributed by atoms with Crippen LogP contribution in [0.3, 0.4) is 0 Å². The average molecular weight is 360 g/mol. The van der Waals surface area contributed by atoms with Crippen LogP contribution in [0.5, 0.6) is 0 Å². The topological polar surface area (TPSA) is 69.6 Å². The number of hydrogen-bond acceptors (Lipinski definition) is 6. The second-order valence-corrected chi connectivity index (χ2v) is 6.90. The van der Waals surface area contributed by atoms with Crippen LogP contribution >= 0.6 is 34.3 Å². The van der Waals surface area contributed by atoms with Gasteiger partial charge in [0, 0.05) is 28.4 Å². The maximum absolute atomic E-state index is 6.05. The molecule has 3 aromatic heterocycles. The predicted octanol–water partition coefficient (Wildman–Crippen LogP) is 4.35. The van der Waals surface area contributed by atoms with Crippen molar-refractivity contribution in [3.05, 3.63) is 52.6 Å². The first-order valence-electron chi connectivity index (χ1n) is 6.66. The van der Waals surface area contributed by atoms with Gasteiger partial charge in [0.2, 0.25) is 5.95 Å². The van der Waals surface area contributed by atoms with E-state index in [1.807, 2.05) is 35.8 Å². The molecule has 0 unspecified atom stereocenters. The zero-order valence-corrected chi connectivity index (χ0v) is 14.1. The Morgan fingerprint density at radius 3 is 2.61 bits per heavy atom. The third-order valence-electron chi connectivity index (χ3n) is 3.26. The molecule has 8 heteroatoms. The van der Waals surface area contributed by atoms with Crippen molar-refractivity contribution >= 4 is 40.2 Å². The molecule has 0 fully saturated rings. The summed E-state index contributed by atoms with van der Waals surface area (Å²) in [5, 5.41) is 3.46. The molecule has 23 heavy (non-hydrogen) atoms. The second kappa shape index (κ2) is 5.77. The SMILES string of the molecule is Nc1nc(-c2ccc(Cl)cc2)cn1-c1nc(-c2cncs2)cs1. The molecule has 3 heterocycles. The van der Waals surface area contributed by atoms with Crippen LogP contribution in [-0.2, 0) is 0 Å². The fraction of sp³-hybridized carbons (Fsp3) is 0. The second-order valence-electron chi connectivity index (χ2n) is 4.74. The number of nitrogens with two attached hydrogens (primary N) is 1. The summed E-state index contributed by atoms with van der Waals surface area (Å²) in [4.78, 5) is 14.1. The first-order chi connectivity index (χ1) is 11.2. The third-order valence-corrected chi connectivity index (χ3v) is 5.14. The standard InChI is InChI=1S/C15H10ClN5S2/c16-10-3-1-9(2-4-10)11-6-21(14(17)19-11)15-20-12(7-22-15)13-5-18-8-23-13/h1-8H,(H2,17,19). The Kier molecular flexibility index (Phi) is 3.60. The van der Waals surface area contributed by atoms with Crippen LogP contribution < -0.4 is 5.73 Å². The van der Waals surface area contributed by atoms with Crippen molar-refractivity contribution in [3.8, 4) is 27.0 Å². The number of thiazole rings is 2. The lowest BCUT2D eigenvalue weighted by molar-refractivity contribution is 1.05. The Bertz CT molecular complexity index is 941. The summed E-state index contributed by atoms with van der Waals surface area (Å²) in [6.45, 7) is 0. The van der Waals surface area contributed by atoms with E-state index in [1.54, 1.807) is 27.6 Å². The molecule has 1 aromatic carbocycles. The number of halogens is 1. The van der Waals surface area contributed by atoms with Gasteiger partial charge in [0.15, 0.2) is 5.13 Å². The van der Waals surface area contributed by atoms with Gasteiger partial charge in [0.05, 0.1) is 21.8 Å². The van der Waals surface area contributed by atoms with Crippen LogP contribution in [0.15, 0.2) is 47.5 Å². The molecule has 0 bridgehead atoms. The van der Waals surface area contributed by atoms with Gasteiger partial charge in [-0.25, -0.2) is 9.97 Å². The van der Waals surface area contributed by atoms with Gasteiger partial charge in [0.1, 0.15) is 0 Å².